The molecule has 0 saturated carbocycles. The molecule has 0 amide bonds. The third-order valence-electron chi connectivity index (χ3n) is 1.85. The van der Waals surface area contributed by atoms with Crippen molar-refractivity contribution in [3.05, 3.63) is 25.0 Å². The molecule has 5 nitrogen and oxygen atoms in total. The first kappa shape index (κ1) is 16.7. The Morgan fingerprint density at radius 2 is 1.67 bits per heavy atom. The fourth-order valence-electron chi connectivity index (χ4n) is 0.966. The van der Waals surface area contributed by atoms with Gasteiger partial charge in [0, 0.05) is 18.6 Å². The van der Waals surface area contributed by atoms with Crippen LogP contribution in [0.4, 0.5) is 0 Å². The largest absolute Gasteiger partial charge is 0.502 e. The molecule has 0 aromatic carbocycles. The van der Waals surface area contributed by atoms with E-state index in [9.17, 15) is 4.79 Å². The third kappa shape index (κ3) is 11.2. The molecule has 0 saturated heterocycles. The van der Waals surface area contributed by atoms with E-state index in [1.807, 2.05) is 0 Å². The summed E-state index contributed by atoms with van der Waals surface area (Å²) in [7, 11) is 0. The summed E-state index contributed by atoms with van der Waals surface area (Å²) in [6.45, 7) is 11.3. The van der Waals surface area contributed by atoms with Crippen molar-refractivity contribution in [1.82, 2.24) is 0 Å². The van der Waals surface area contributed by atoms with Crippen molar-refractivity contribution in [1.29, 1.82) is 0 Å². The molecule has 0 N–H and O–H groups in total. The molecule has 0 aliphatic heterocycles. The zero-order valence-corrected chi connectivity index (χ0v) is 11.0. The van der Waals surface area contributed by atoms with Crippen molar-refractivity contribution in [2.45, 2.75) is 13.3 Å². The number of rotatable bonds is 12. The van der Waals surface area contributed by atoms with Gasteiger partial charge < -0.3 is 18.9 Å². The van der Waals surface area contributed by atoms with Gasteiger partial charge in [-0.2, -0.15) is 0 Å². The van der Waals surface area contributed by atoms with E-state index < -0.39 is 5.97 Å². The lowest BCUT2D eigenvalue weighted by atomic mass is 10.4. The van der Waals surface area contributed by atoms with E-state index in [1.54, 1.807) is 6.92 Å². The third-order valence-corrected chi connectivity index (χ3v) is 1.85. The quantitative estimate of drug-likeness (QED) is 0.231. The first-order chi connectivity index (χ1) is 8.68. The summed E-state index contributed by atoms with van der Waals surface area (Å²) in [5, 5.41) is 0. The van der Waals surface area contributed by atoms with Gasteiger partial charge in [0.05, 0.1) is 32.7 Å². The SMILES string of the molecule is C=COCCCOCCOCCOC(=O)C(=C)C. The molecule has 104 valence electrons. The minimum Gasteiger partial charge on any atom is -0.502 e. The van der Waals surface area contributed by atoms with Gasteiger partial charge in [0.15, 0.2) is 0 Å². The number of hydrogen-bond donors (Lipinski definition) is 0. The summed E-state index contributed by atoms with van der Waals surface area (Å²) in [5.74, 6) is -0.392. The molecule has 5 heteroatoms. The van der Waals surface area contributed by atoms with Crippen LogP contribution in [0.2, 0.25) is 0 Å². The normalized spacial score (nSPS) is 9.83. The molecule has 0 aliphatic rings. The highest BCUT2D eigenvalue weighted by molar-refractivity contribution is 5.86. The monoisotopic (exact) mass is 258 g/mol. The molecule has 0 heterocycles. The van der Waals surface area contributed by atoms with Gasteiger partial charge in [0.25, 0.3) is 0 Å². The van der Waals surface area contributed by atoms with Gasteiger partial charge in [-0.25, -0.2) is 4.79 Å². The Kier molecular flexibility index (Phi) is 11.2. The Hall–Kier alpha value is -1.33. The van der Waals surface area contributed by atoms with Gasteiger partial charge in [-0.15, -0.1) is 0 Å². The summed E-state index contributed by atoms with van der Waals surface area (Å²) in [4.78, 5) is 11.0. The molecule has 0 fully saturated rings. The van der Waals surface area contributed by atoms with Crippen molar-refractivity contribution in [2.24, 2.45) is 0 Å². The van der Waals surface area contributed by atoms with E-state index in [0.717, 1.165) is 6.42 Å². The van der Waals surface area contributed by atoms with E-state index in [1.165, 1.54) is 6.26 Å². The minimum absolute atomic E-state index is 0.235. The molecule has 0 radical (unpaired) electrons. The Morgan fingerprint density at radius 3 is 2.28 bits per heavy atom. The van der Waals surface area contributed by atoms with Gasteiger partial charge in [-0.05, 0) is 6.92 Å². The zero-order chi connectivity index (χ0) is 13.6. The van der Waals surface area contributed by atoms with Gasteiger partial charge >= 0.3 is 5.97 Å². The predicted octanol–water partition coefficient (Wildman–Crippen LogP) is 1.69. The van der Waals surface area contributed by atoms with Gasteiger partial charge in [0.1, 0.15) is 6.61 Å². The van der Waals surface area contributed by atoms with Crippen LogP contribution < -0.4 is 0 Å². The first-order valence-electron chi connectivity index (χ1n) is 5.89. The van der Waals surface area contributed by atoms with Crippen molar-refractivity contribution < 1.29 is 23.7 Å². The lowest BCUT2D eigenvalue weighted by molar-refractivity contribution is -0.140. The molecule has 0 unspecified atom stereocenters. The topological polar surface area (TPSA) is 54.0 Å². The Labute approximate surface area is 108 Å². The predicted molar refractivity (Wildman–Crippen MR) is 68.2 cm³/mol. The van der Waals surface area contributed by atoms with Crippen LogP contribution in [0.3, 0.4) is 0 Å². The highest BCUT2D eigenvalue weighted by Crippen LogP contribution is 1.91. The molecule has 18 heavy (non-hydrogen) atoms. The average molecular weight is 258 g/mol. The van der Waals surface area contributed by atoms with E-state index in [4.69, 9.17) is 18.9 Å². The van der Waals surface area contributed by atoms with Gasteiger partial charge in [-0.3, -0.25) is 0 Å². The molecule has 0 bridgehead atoms. The average Bonchev–Trinajstić information content (AvgIpc) is 2.35. The second-order valence-corrected chi connectivity index (χ2v) is 3.53. The number of carbonyl (C=O) groups is 1. The molecule has 0 aromatic heterocycles. The Bertz CT molecular complexity index is 250. The van der Waals surface area contributed by atoms with Crippen molar-refractivity contribution >= 4 is 5.97 Å². The van der Waals surface area contributed by atoms with Crippen LogP contribution in [0.5, 0.6) is 0 Å². The number of esters is 1. The Balaban J connectivity index is 3.10. The van der Waals surface area contributed by atoms with Crippen LogP contribution in [0.25, 0.3) is 0 Å². The highest BCUT2D eigenvalue weighted by Gasteiger charge is 2.01. The van der Waals surface area contributed by atoms with E-state index in [2.05, 4.69) is 13.2 Å². The van der Waals surface area contributed by atoms with Crippen LogP contribution in [0.15, 0.2) is 25.0 Å². The van der Waals surface area contributed by atoms with Crippen LogP contribution in [0, 0.1) is 0 Å². The second-order valence-electron chi connectivity index (χ2n) is 3.53. The molecular formula is C13H22O5. The molecular weight excluding hydrogens is 236 g/mol. The van der Waals surface area contributed by atoms with Crippen LogP contribution >= 0.6 is 0 Å². The number of carbonyl (C=O) groups excluding carboxylic acids is 1. The maximum atomic E-state index is 11.0. The first-order valence-corrected chi connectivity index (χ1v) is 5.89. The molecule has 0 atom stereocenters. The fraction of sp³-hybridized carbons (Fsp3) is 0.615. The van der Waals surface area contributed by atoms with Crippen LogP contribution in [0.1, 0.15) is 13.3 Å². The second kappa shape index (κ2) is 12.1. The summed E-state index contributed by atoms with van der Waals surface area (Å²) >= 11 is 0. The van der Waals surface area contributed by atoms with Crippen molar-refractivity contribution in [3.63, 3.8) is 0 Å². The summed E-state index contributed by atoms with van der Waals surface area (Å²) < 4.78 is 20.3. The van der Waals surface area contributed by atoms with Gasteiger partial charge in [-0.1, -0.05) is 13.2 Å². The lowest BCUT2D eigenvalue weighted by Gasteiger charge is -2.06. The number of hydrogen-bond acceptors (Lipinski definition) is 5. The highest BCUT2D eigenvalue weighted by atomic mass is 16.6. The standard InChI is InChI=1S/C13H22O5/c1-4-15-6-5-7-16-8-9-17-10-11-18-13(14)12(2)3/h4H,1-2,5-11H2,3H3. The smallest absolute Gasteiger partial charge is 0.333 e. The van der Waals surface area contributed by atoms with E-state index in [0.29, 0.717) is 38.6 Å². The van der Waals surface area contributed by atoms with E-state index in [-0.39, 0.29) is 6.61 Å². The number of ether oxygens (including phenoxy) is 4. The van der Waals surface area contributed by atoms with Gasteiger partial charge in [0.2, 0.25) is 0 Å². The summed E-state index contributed by atoms with van der Waals surface area (Å²) in [5.41, 5.74) is 0.389. The van der Waals surface area contributed by atoms with Crippen LogP contribution in [-0.4, -0.2) is 45.6 Å². The maximum absolute atomic E-state index is 11.0. The lowest BCUT2D eigenvalue weighted by Crippen LogP contribution is -2.13. The summed E-state index contributed by atoms with van der Waals surface area (Å²) in [6.07, 6.45) is 2.23. The Morgan fingerprint density at radius 1 is 1.06 bits per heavy atom. The van der Waals surface area contributed by atoms with Crippen molar-refractivity contribution in [2.75, 3.05) is 39.6 Å². The van der Waals surface area contributed by atoms with Crippen LogP contribution in [-0.2, 0) is 23.7 Å². The van der Waals surface area contributed by atoms with Crippen molar-refractivity contribution in [3.8, 4) is 0 Å². The maximum Gasteiger partial charge on any atom is 0.333 e. The van der Waals surface area contributed by atoms with E-state index >= 15 is 0 Å². The zero-order valence-electron chi connectivity index (χ0n) is 11.0. The fourth-order valence-corrected chi connectivity index (χ4v) is 0.966. The molecule has 0 aromatic rings. The minimum atomic E-state index is -0.392. The molecule has 0 aliphatic carbocycles. The molecule has 0 rings (SSSR count). The summed E-state index contributed by atoms with van der Waals surface area (Å²) in [6, 6.07) is 0. The molecule has 0 spiro atoms.